The number of carbonyl (C=O) groups excluding carboxylic acids is 2. The van der Waals surface area contributed by atoms with E-state index in [0.29, 0.717) is 36.2 Å². The van der Waals surface area contributed by atoms with Crippen molar-refractivity contribution in [3.63, 3.8) is 0 Å². The second-order valence-corrected chi connectivity index (χ2v) is 11.0. The summed E-state index contributed by atoms with van der Waals surface area (Å²) in [4.78, 5) is 24.6. The SMILES string of the molecule is C=CCNc1c(O)cc2c(O)c1C[C@@H](C)C[C@H](C)[C@H](O)[C@@H](C)/C=C(\C)[C@H](OC(N)=O)[C@@H](C)/C=C\C=C(/C)C(=O)N2. The molecule has 1 aliphatic rings. The third-order valence-electron chi connectivity index (χ3n) is 7.31. The fraction of sp³-hybridized carbons (Fsp3) is 0.484. The van der Waals surface area contributed by atoms with Crippen molar-refractivity contribution < 1.29 is 29.6 Å². The van der Waals surface area contributed by atoms with Gasteiger partial charge >= 0.3 is 6.09 Å². The van der Waals surface area contributed by atoms with E-state index in [1.54, 1.807) is 31.2 Å². The molecular formula is C31H45N3O6. The molecule has 9 nitrogen and oxygen atoms in total. The second kappa shape index (κ2) is 14.6. The Balaban J connectivity index is 2.60. The summed E-state index contributed by atoms with van der Waals surface area (Å²) in [7, 11) is 0. The number of nitrogens with one attached hydrogen (secondary N) is 2. The third-order valence-corrected chi connectivity index (χ3v) is 7.31. The highest BCUT2D eigenvalue weighted by atomic mass is 16.6. The summed E-state index contributed by atoms with van der Waals surface area (Å²) < 4.78 is 5.41. The van der Waals surface area contributed by atoms with Gasteiger partial charge in [0.1, 0.15) is 17.6 Å². The van der Waals surface area contributed by atoms with Gasteiger partial charge in [-0.05, 0) is 44.1 Å². The van der Waals surface area contributed by atoms with Crippen LogP contribution in [0.4, 0.5) is 16.2 Å². The number of nitrogens with two attached hydrogens (primary N) is 1. The molecule has 40 heavy (non-hydrogen) atoms. The molecule has 0 saturated heterocycles. The number of fused-ring (bicyclic) bond motifs is 2. The van der Waals surface area contributed by atoms with Crippen molar-refractivity contribution in [2.75, 3.05) is 17.2 Å². The molecule has 6 atom stereocenters. The average Bonchev–Trinajstić information content (AvgIpc) is 2.88. The summed E-state index contributed by atoms with van der Waals surface area (Å²) in [5.41, 5.74) is 7.39. The van der Waals surface area contributed by atoms with Gasteiger partial charge in [0.2, 0.25) is 0 Å². The number of ether oxygens (including phenoxy) is 1. The Labute approximate surface area is 237 Å². The Morgan fingerprint density at radius 1 is 1.23 bits per heavy atom. The van der Waals surface area contributed by atoms with Crippen LogP contribution in [0.1, 0.15) is 53.5 Å². The minimum Gasteiger partial charge on any atom is -0.506 e. The smallest absolute Gasteiger partial charge is 0.405 e. The van der Waals surface area contributed by atoms with Gasteiger partial charge in [-0.15, -0.1) is 6.58 Å². The number of phenolic OH excluding ortho intramolecular Hbond substituents is 2. The van der Waals surface area contributed by atoms with Crippen molar-refractivity contribution in [3.05, 3.63) is 59.7 Å². The summed E-state index contributed by atoms with van der Waals surface area (Å²) in [6.45, 7) is 15.3. The largest absolute Gasteiger partial charge is 0.506 e. The highest BCUT2D eigenvalue weighted by molar-refractivity contribution is 6.04. The first kappa shape index (κ1) is 32.5. The minimum absolute atomic E-state index is 0.00124. The maximum absolute atomic E-state index is 12.9. The van der Waals surface area contributed by atoms with Gasteiger partial charge in [0.15, 0.2) is 0 Å². The maximum atomic E-state index is 12.9. The van der Waals surface area contributed by atoms with E-state index < -0.39 is 24.2 Å². The van der Waals surface area contributed by atoms with Gasteiger partial charge in [-0.3, -0.25) is 4.79 Å². The first-order valence-electron chi connectivity index (χ1n) is 13.7. The number of anilines is 2. The Morgan fingerprint density at radius 2 is 1.90 bits per heavy atom. The summed E-state index contributed by atoms with van der Waals surface area (Å²) in [5.74, 6) is -1.33. The predicted octanol–water partition coefficient (Wildman–Crippen LogP) is 5.40. The predicted molar refractivity (Wildman–Crippen MR) is 159 cm³/mol. The quantitative estimate of drug-likeness (QED) is 0.165. The Bertz CT molecular complexity index is 1170. The second-order valence-electron chi connectivity index (χ2n) is 11.0. The Morgan fingerprint density at radius 3 is 2.52 bits per heavy atom. The summed E-state index contributed by atoms with van der Waals surface area (Å²) in [6, 6.07) is 1.31. The topological polar surface area (TPSA) is 154 Å². The van der Waals surface area contributed by atoms with E-state index >= 15 is 0 Å². The van der Waals surface area contributed by atoms with Crippen molar-refractivity contribution in [3.8, 4) is 11.5 Å². The first-order chi connectivity index (χ1) is 18.8. The molecule has 220 valence electrons. The number of carbonyl (C=O) groups is 2. The molecule has 9 heteroatoms. The molecule has 0 aliphatic carbocycles. The highest BCUT2D eigenvalue weighted by Crippen LogP contribution is 2.42. The lowest BCUT2D eigenvalue weighted by Crippen LogP contribution is -2.30. The molecule has 7 N–H and O–H groups in total. The van der Waals surface area contributed by atoms with Crippen molar-refractivity contribution in [2.45, 2.75) is 66.6 Å². The van der Waals surface area contributed by atoms with Gasteiger partial charge in [0.05, 0.1) is 17.5 Å². The molecule has 1 heterocycles. The van der Waals surface area contributed by atoms with Gasteiger partial charge in [-0.25, -0.2) is 4.79 Å². The van der Waals surface area contributed by atoms with E-state index in [4.69, 9.17) is 10.5 Å². The van der Waals surface area contributed by atoms with Crippen molar-refractivity contribution >= 4 is 23.4 Å². The van der Waals surface area contributed by atoms with Crippen molar-refractivity contribution in [1.29, 1.82) is 0 Å². The van der Waals surface area contributed by atoms with Gasteiger partial charge in [0, 0.05) is 35.6 Å². The van der Waals surface area contributed by atoms with E-state index in [1.165, 1.54) is 6.07 Å². The van der Waals surface area contributed by atoms with Crippen LogP contribution in [0.15, 0.2) is 54.2 Å². The van der Waals surface area contributed by atoms with Crippen LogP contribution in [0, 0.1) is 23.7 Å². The van der Waals surface area contributed by atoms with Crippen LogP contribution in [0.25, 0.3) is 0 Å². The third kappa shape index (κ3) is 8.64. The molecular weight excluding hydrogens is 510 g/mol. The van der Waals surface area contributed by atoms with Gasteiger partial charge in [-0.2, -0.15) is 0 Å². The minimum atomic E-state index is -0.898. The summed E-state index contributed by atoms with van der Waals surface area (Å²) in [5, 5.41) is 38.9. The van der Waals surface area contributed by atoms with E-state index in [9.17, 15) is 24.9 Å². The number of amides is 2. The standard InChI is InChI=1S/C31H45N3O6/c1-8-12-33-26-23-14-17(2)13-20(5)27(36)21(6)15-22(7)29(40-31(32)39)18(3)10-9-11-19(4)30(38)34-24(28(23)37)16-25(26)35/h8-11,15-18,20-21,27,29,33,35-37H,1,12-14H2,2-7H3,(H2,32,39)(H,34,38)/b10-9-,19-11+,22-15+/t17-,18-,20-,21-,27-,29+/m0/s1. The maximum Gasteiger partial charge on any atom is 0.405 e. The molecule has 0 spiro atoms. The van der Waals surface area contributed by atoms with Crippen LogP contribution in [0.3, 0.4) is 0 Å². The zero-order valence-corrected chi connectivity index (χ0v) is 24.4. The van der Waals surface area contributed by atoms with E-state index in [0.717, 1.165) is 5.57 Å². The lowest BCUT2D eigenvalue weighted by atomic mass is 9.83. The Kier molecular flexibility index (Phi) is 11.9. The zero-order chi connectivity index (χ0) is 30.1. The molecule has 0 saturated carbocycles. The zero-order valence-electron chi connectivity index (χ0n) is 24.4. The van der Waals surface area contributed by atoms with Crippen LogP contribution < -0.4 is 16.4 Å². The van der Waals surface area contributed by atoms with Gasteiger partial charge < -0.3 is 36.4 Å². The van der Waals surface area contributed by atoms with Crippen LogP contribution >= 0.6 is 0 Å². The van der Waals surface area contributed by atoms with Crippen LogP contribution in [-0.2, 0) is 16.0 Å². The molecule has 1 aromatic rings. The monoisotopic (exact) mass is 555 g/mol. The fourth-order valence-corrected chi connectivity index (χ4v) is 5.22. The fourth-order valence-electron chi connectivity index (χ4n) is 5.22. The number of hydrogen-bond acceptors (Lipinski definition) is 7. The number of primary amides is 1. The molecule has 0 unspecified atom stereocenters. The lowest BCUT2D eigenvalue weighted by molar-refractivity contribution is -0.112. The van der Waals surface area contributed by atoms with E-state index in [1.807, 2.05) is 40.7 Å². The van der Waals surface area contributed by atoms with Crippen molar-refractivity contribution in [2.24, 2.45) is 29.4 Å². The number of aliphatic hydroxyl groups is 1. The molecule has 2 bridgehead atoms. The normalized spacial score (nSPS) is 30.1. The van der Waals surface area contributed by atoms with Crippen LogP contribution in [0.5, 0.6) is 11.5 Å². The Hall–Kier alpha value is -3.72. The first-order valence-corrected chi connectivity index (χ1v) is 13.7. The average molecular weight is 556 g/mol. The molecule has 0 fully saturated rings. The van der Waals surface area contributed by atoms with E-state index in [-0.39, 0.29) is 40.9 Å². The lowest BCUT2D eigenvalue weighted by Gasteiger charge is -2.28. The molecule has 1 aliphatic heterocycles. The van der Waals surface area contributed by atoms with Crippen LogP contribution in [-0.4, -0.2) is 46.1 Å². The number of allylic oxidation sites excluding steroid dienone is 2. The number of aromatic hydroxyl groups is 2. The van der Waals surface area contributed by atoms with Gasteiger partial charge in [0.25, 0.3) is 5.91 Å². The molecule has 0 aromatic heterocycles. The highest BCUT2D eigenvalue weighted by Gasteiger charge is 2.27. The molecule has 1 aromatic carbocycles. The molecule has 0 radical (unpaired) electrons. The van der Waals surface area contributed by atoms with Crippen LogP contribution in [0.2, 0.25) is 0 Å². The number of benzene rings is 1. The van der Waals surface area contributed by atoms with E-state index in [2.05, 4.69) is 17.2 Å². The summed E-state index contributed by atoms with van der Waals surface area (Å²) in [6.07, 6.45) is 7.40. The number of aliphatic hydroxyl groups excluding tert-OH is 1. The number of hydrogen-bond donors (Lipinski definition) is 6. The number of phenols is 2. The number of rotatable bonds is 4. The summed E-state index contributed by atoms with van der Waals surface area (Å²) >= 11 is 0. The van der Waals surface area contributed by atoms with Gasteiger partial charge in [-0.1, -0.05) is 58.1 Å². The molecule has 2 amide bonds. The van der Waals surface area contributed by atoms with Crippen molar-refractivity contribution in [1.82, 2.24) is 0 Å². The molecule has 2 rings (SSSR count).